The molecule has 0 unspecified atom stereocenters. The van der Waals surface area contributed by atoms with Gasteiger partial charge in [-0.05, 0) is 26.1 Å². The van der Waals surface area contributed by atoms with Crippen LogP contribution in [0.3, 0.4) is 0 Å². The second-order valence-corrected chi connectivity index (χ2v) is 6.89. The van der Waals surface area contributed by atoms with Crippen molar-refractivity contribution in [3.63, 3.8) is 0 Å². The number of amides is 1. The Morgan fingerprint density at radius 1 is 0.926 bits per heavy atom. The molecule has 27 heavy (non-hydrogen) atoms. The van der Waals surface area contributed by atoms with Crippen molar-refractivity contribution < 1.29 is 14.4 Å². The average Bonchev–Trinajstić information content (AvgIpc) is 2.68. The Labute approximate surface area is 159 Å². The van der Waals surface area contributed by atoms with E-state index in [0.717, 1.165) is 19.4 Å². The van der Waals surface area contributed by atoms with Crippen LogP contribution in [0, 0.1) is 0 Å². The number of ketones is 2. The maximum atomic E-state index is 12.9. The van der Waals surface area contributed by atoms with Crippen LogP contribution < -0.4 is 5.32 Å². The van der Waals surface area contributed by atoms with Crippen LogP contribution in [0.1, 0.15) is 58.0 Å². The summed E-state index contributed by atoms with van der Waals surface area (Å²) < 4.78 is 0. The van der Waals surface area contributed by atoms with Crippen molar-refractivity contribution in [1.29, 1.82) is 0 Å². The number of hydrogen-bond acceptors (Lipinski definition) is 4. The number of nitrogens with one attached hydrogen (secondary N) is 1. The smallest absolute Gasteiger partial charge is 0.225 e. The largest absolute Gasteiger partial charge is 0.325 e. The maximum absolute atomic E-state index is 12.9. The Balaban J connectivity index is 1.78. The van der Waals surface area contributed by atoms with E-state index in [4.69, 9.17) is 0 Å². The molecule has 5 heteroatoms. The minimum Gasteiger partial charge on any atom is -0.325 e. The number of carbonyl (C=O) groups excluding carboxylic acids is 3. The second-order valence-electron chi connectivity index (χ2n) is 6.89. The van der Waals surface area contributed by atoms with Crippen molar-refractivity contribution in [2.45, 2.75) is 26.2 Å². The van der Waals surface area contributed by atoms with Gasteiger partial charge in [-0.3, -0.25) is 14.4 Å². The molecule has 0 heterocycles. The van der Waals surface area contributed by atoms with Crippen molar-refractivity contribution in [3.05, 3.63) is 64.7 Å². The summed E-state index contributed by atoms with van der Waals surface area (Å²) in [6.07, 6.45) is 2.55. The zero-order chi connectivity index (χ0) is 19.4. The minimum atomic E-state index is -0.226. The Hall–Kier alpha value is -2.79. The first kappa shape index (κ1) is 19.0. The zero-order valence-corrected chi connectivity index (χ0v) is 15.7. The molecule has 1 aliphatic carbocycles. The lowest BCUT2D eigenvalue weighted by Gasteiger charge is -2.20. The fourth-order valence-electron chi connectivity index (χ4n) is 3.29. The highest BCUT2D eigenvalue weighted by Crippen LogP contribution is 2.31. The van der Waals surface area contributed by atoms with Crippen molar-refractivity contribution in [1.82, 2.24) is 4.90 Å². The molecule has 2 aromatic rings. The molecule has 1 amide bonds. The fourth-order valence-corrected chi connectivity index (χ4v) is 3.29. The van der Waals surface area contributed by atoms with Gasteiger partial charge in [0.25, 0.3) is 0 Å². The van der Waals surface area contributed by atoms with E-state index in [9.17, 15) is 14.4 Å². The van der Waals surface area contributed by atoms with Crippen LogP contribution in [-0.2, 0) is 4.79 Å². The van der Waals surface area contributed by atoms with E-state index in [1.807, 2.05) is 7.05 Å². The molecule has 1 N–H and O–H groups in total. The van der Waals surface area contributed by atoms with Crippen molar-refractivity contribution in [2.75, 3.05) is 25.5 Å². The molecular weight excluding hydrogens is 340 g/mol. The first-order chi connectivity index (χ1) is 13.0. The molecule has 0 radical (unpaired) electrons. The first-order valence-corrected chi connectivity index (χ1v) is 9.32. The number of rotatable bonds is 7. The normalized spacial score (nSPS) is 12.7. The van der Waals surface area contributed by atoms with Gasteiger partial charge in [0, 0.05) is 29.7 Å². The summed E-state index contributed by atoms with van der Waals surface area (Å²) in [5, 5.41) is 2.82. The SMILES string of the molecule is CCCCN(C)CCC(=O)Nc1cccc2c1C(=O)c1ccccc1C2=O. The summed E-state index contributed by atoms with van der Waals surface area (Å²) in [6.45, 7) is 3.74. The maximum Gasteiger partial charge on any atom is 0.225 e. The Kier molecular flexibility index (Phi) is 5.81. The number of benzene rings is 2. The number of fused-ring (bicyclic) bond motifs is 2. The average molecular weight is 364 g/mol. The molecule has 0 bridgehead atoms. The van der Waals surface area contributed by atoms with Crippen LogP contribution in [0.4, 0.5) is 5.69 Å². The van der Waals surface area contributed by atoms with Crippen LogP contribution in [0.2, 0.25) is 0 Å². The summed E-state index contributed by atoms with van der Waals surface area (Å²) in [5.41, 5.74) is 1.83. The predicted octanol–water partition coefficient (Wildman–Crippen LogP) is 3.52. The monoisotopic (exact) mass is 364 g/mol. The van der Waals surface area contributed by atoms with Crippen LogP contribution in [0.15, 0.2) is 42.5 Å². The molecule has 140 valence electrons. The van der Waals surface area contributed by atoms with Crippen molar-refractivity contribution in [2.24, 2.45) is 0 Å². The standard InChI is InChI=1S/C22H24N2O3/c1-3-4-13-24(2)14-12-19(25)23-18-11-7-10-17-20(18)22(27)16-9-6-5-8-15(16)21(17)26/h5-11H,3-4,12-14H2,1-2H3,(H,23,25). The molecule has 0 aromatic heterocycles. The van der Waals surface area contributed by atoms with Gasteiger partial charge in [-0.15, -0.1) is 0 Å². The summed E-state index contributed by atoms with van der Waals surface area (Å²) >= 11 is 0. The molecule has 2 aromatic carbocycles. The van der Waals surface area contributed by atoms with Crippen LogP contribution in [0.5, 0.6) is 0 Å². The Morgan fingerprint density at radius 2 is 1.59 bits per heavy atom. The zero-order valence-electron chi connectivity index (χ0n) is 15.7. The van der Waals surface area contributed by atoms with E-state index in [1.54, 1.807) is 42.5 Å². The highest BCUT2D eigenvalue weighted by molar-refractivity contribution is 6.30. The highest BCUT2D eigenvalue weighted by Gasteiger charge is 2.31. The lowest BCUT2D eigenvalue weighted by atomic mass is 9.83. The van der Waals surface area contributed by atoms with Gasteiger partial charge in [0.1, 0.15) is 0 Å². The van der Waals surface area contributed by atoms with Gasteiger partial charge in [-0.25, -0.2) is 0 Å². The molecule has 1 aliphatic rings. The topological polar surface area (TPSA) is 66.5 Å². The van der Waals surface area contributed by atoms with E-state index in [-0.39, 0.29) is 23.0 Å². The summed E-state index contributed by atoms with van der Waals surface area (Å²) in [4.78, 5) is 40.2. The first-order valence-electron chi connectivity index (χ1n) is 9.32. The van der Waals surface area contributed by atoms with Gasteiger partial charge >= 0.3 is 0 Å². The van der Waals surface area contributed by atoms with E-state index < -0.39 is 0 Å². The lowest BCUT2D eigenvalue weighted by Crippen LogP contribution is -2.27. The summed E-state index contributed by atoms with van der Waals surface area (Å²) in [7, 11) is 1.99. The number of anilines is 1. The molecule has 0 spiro atoms. The third kappa shape index (κ3) is 3.98. The van der Waals surface area contributed by atoms with Gasteiger partial charge in [-0.1, -0.05) is 49.7 Å². The Bertz CT molecular complexity index is 889. The van der Waals surface area contributed by atoms with E-state index in [1.165, 1.54) is 0 Å². The van der Waals surface area contributed by atoms with E-state index >= 15 is 0 Å². The van der Waals surface area contributed by atoms with Gasteiger partial charge in [0.15, 0.2) is 11.6 Å². The molecule has 0 saturated heterocycles. The van der Waals surface area contributed by atoms with Crippen LogP contribution in [-0.4, -0.2) is 42.5 Å². The highest BCUT2D eigenvalue weighted by atomic mass is 16.2. The fraction of sp³-hybridized carbons (Fsp3) is 0.318. The van der Waals surface area contributed by atoms with Gasteiger partial charge in [-0.2, -0.15) is 0 Å². The van der Waals surface area contributed by atoms with Gasteiger partial charge in [0.05, 0.1) is 11.3 Å². The number of unbranched alkanes of at least 4 members (excludes halogenated alkanes) is 1. The van der Waals surface area contributed by atoms with E-state index in [0.29, 0.717) is 35.3 Å². The lowest BCUT2D eigenvalue weighted by molar-refractivity contribution is -0.116. The van der Waals surface area contributed by atoms with Crippen LogP contribution in [0.25, 0.3) is 0 Å². The molecule has 3 rings (SSSR count). The van der Waals surface area contributed by atoms with E-state index in [2.05, 4.69) is 17.1 Å². The van der Waals surface area contributed by atoms with Crippen LogP contribution >= 0.6 is 0 Å². The van der Waals surface area contributed by atoms with Gasteiger partial charge in [0.2, 0.25) is 5.91 Å². The second kappa shape index (κ2) is 8.27. The molecule has 5 nitrogen and oxygen atoms in total. The minimum absolute atomic E-state index is 0.161. The quantitative estimate of drug-likeness (QED) is 0.697. The number of hydrogen-bond donors (Lipinski definition) is 1. The summed E-state index contributed by atoms with van der Waals surface area (Å²) in [5.74, 6) is -0.572. The third-order valence-electron chi connectivity index (χ3n) is 4.84. The molecule has 0 aliphatic heterocycles. The van der Waals surface area contributed by atoms with Gasteiger partial charge < -0.3 is 10.2 Å². The Morgan fingerprint density at radius 3 is 2.30 bits per heavy atom. The predicted molar refractivity (Wildman–Crippen MR) is 105 cm³/mol. The van der Waals surface area contributed by atoms with Crippen molar-refractivity contribution >= 4 is 23.2 Å². The molecular formula is C22H24N2O3. The number of carbonyl (C=O) groups is 3. The third-order valence-corrected chi connectivity index (χ3v) is 4.84. The number of nitrogens with zero attached hydrogens (tertiary/aromatic N) is 1. The van der Waals surface area contributed by atoms with Crippen molar-refractivity contribution in [3.8, 4) is 0 Å². The summed E-state index contributed by atoms with van der Waals surface area (Å²) in [6, 6.07) is 11.8. The molecule has 0 atom stereocenters. The molecule has 0 saturated carbocycles. The molecule has 0 fully saturated rings.